The molecule has 2 aromatic rings. The quantitative estimate of drug-likeness (QED) is 0.423. The average Bonchev–Trinajstić information content (AvgIpc) is 3.23. The zero-order valence-electron chi connectivity index (χ0n) is 22.2. The summed E-state index contributed by atoms with van der Waals surface area (Å²) in [5, 5.41) is 8.42. The molecule has 1 aliphatic carbocycles. The Hall–Kier alpha value is -3.36. The monoisotopic (exact) mass is 498 g/mol. The largest absolute Gasteiger partial charge is 0.490 e. The first-order valence-corrected chi connectivity index (χ1v) is 12.6. The molecule has 0 saturated carbocycles. The standard InChI is InChI=1S/C27H38N4O5/c1-7-16-27(3,4)30(5)26(33)35-18-23-24(28-29-31(23)6)19-12-14-21(15-13-19)36-22-11-9-10-20(17-22)25(32)34-8-2/h10,12-15,22H,7-9,11,16-18H2,1-6H3/t22-/m0/s1. The van der Waals surface area contributed by atoms with Gasteiger partial charge in [0.15, 0.2) is 0 Å². The number of hydrogen-bond acceptors (Lipinski definition) is 7. The van der Waals surface area contributed by atoms with Crippen molar-refractivity contribution in [1.82, 2.24) is 19.9 Å². The Balaban J connectivity index is 1.64. The molecule has 0 radical (unpaired) electrons. The first-order chi connectivity index (χ1) is 17.2. The van der Waals surface area contributed by atoms with E-state index in [9.17, 15) is 9.59 Å². The van der Waals surface area contributed by atoms with Crippen molar-refractivity contribution in [3.8, 4) is 17.0 Å². The normalized spacial score (nSPS) is 15.7. The predicted octanol–water partition coefficient (Wildman–Crippen LogP) is 5.05. The van der Waals surface area contributed by atoms with Gasteiger partial charge in [0.25, 0.3) is 0 Å². The van der Waals surface area contributed by atoms with Crippen molar-refractivity contribution in [3.63, 3.8) is 0 Å². The van der Waals surface area contributed by atoms with Crippen LogP contribution in [0.25, 0.3) is 11.3 Å². The molecule has 0 aliphatic heterocycles. The molecule has 196 valence electrons. The van der Waals surface area contributed by atoms with Crippen molar-refractivity contribution in [2.75, 3.05) is 13.7 Å². The van der Waals surface area contributed by atoms with Crippen molar-refractivity contribution < 1.29 is 23.8 Å². The SMILES string of the molecule is CCCC(C)(C)N(C)C(=O)OCc1c(-c2ccc(O[C@H]3CCC=C(C(=O)OCC)C3)cc2)nnn1C. The van der Waals surface area contributed by atoms with E-state index in [-0.39, 0.29) is 30.3 Å². The first-order valence-electron chi connectivity index (χ1n) is 12.6. The Labute approximate surface area is 213 Å². The predicted molar refractivity (Wildman–Crippen MR) is 136 cm³/mol. The Kier molecular flexibility index (Phi) is 9.12. The summed E-state index contributed by atoms with van der Waals surface area (Å²) >= 11 is 0. The van der Waals surface area contributed by atoms with E-state index in [2.05, 4.69) is 17.2 Å². The molecule has 9 heteroatoms. The lowest BCUT2D eigenvalue weighted by Gasteiger charge is -2.34. The summed E-state index contributed by atoms with van der Waals surface area (Å²) in [4.78, 5) is 26.3. The average molecular weight is 499 g/mol. The van der Waals surface area contributed by atoms with Crippen molar-refractivity contribution >= 4 is 12.1 Å². The molecule has 0 saturated heterocycles. The van der Waals surface area contributed by atoms with Gasteiger partial charge in [-0.1, -0.05) is 24.6 Å². The van der Waals surface area contributed by atoms with Gasteiger partial charge in [0, 0.05) is 37.2 Å². The summed E-state index contributed by atoms with van der Waals surface area (Å²) in [6.07, 6.45) is 5.48. The summed E-state index contributed by atoms with van der Waals surface area (Å²) in [6.45, 7) is 8.38. The minimum atomic E-state index is -0.381. The van der Waals surface area contributed by atoms with Gasteiger partial charge < -0.3 is 19.1 Å². The van der Waals surface area contributed by atoms with Crippen molar-refractivity contribution in [3.05, 3.63) is 41.6 Å². The molecule has 0 N–H and O–H groups in total. The molecule has 0 fully saturated rings. The van der Waals surface area contributed by atoms with Crippen LogP contribution in [0.3, 0.4) is 0 Å². The van der Waals surface area contributed by atoms with Gasteiger partial charge in [-0.3, -0.25) is 0 Å². The maximum absolute atomic E-state index is 12.7. The summed E-state index contributed by atoms with van der Waals surface area (Å²) in [5.41, 5.74) is 2.58. The Morgan fingerprint density at radius 1 is 1.17 bits per heavy atom. The highest BCUT2D eigenvalue weighted by Crippen LogP contribution is 2.28. The van der Waals surface area contributed by atoms with Gasteiger partial charge in [0.1, 0.15) is 29.8 Å². The molecule has 9 nitrogen and oxygen atoms in total. The van der Waals surface area contributed by atoms with Crippen LogP contribution in [-0.2, 0) is 27.9 Å². The fraction of sp³-hybridized carbons (Fsp3) is 0.556. The van der Waals surface area contributed by atoms with Gasteiger partial charge >= 0.3 is 12.1 Å². The number of hydrogen-bond donors (Lipinski definition) is 0. The smallest absolute Gasteiger partial charge is 0.410 e. The number of nitrogens with zero attached hydrogens (tertiary/aromatic N) is 4. The van der Waals surface area contributed by atoms with E-state index in [1.165, 1.54) is 0 Å². The molecule has 1 aliphatic rings. The van der Waals surface area contributed by atoms with Crippen LogP contribution >= 0.6 is 0 Å². The van der Waals surface area contributed by atoms with Gasteiger partial charge in [0.2, 0.25) is 0 Å². The lowest BCUT2D eigenvalue weighted by molar-refractivity contribution is -0.139. The molecule has 1 amide bonds. The van der Waals surface area contributed by atoms with Crippen LogP contribution in [0.15, 0.2) is 35.9 Å². The zero-order chi connectivity index (χ0) is 26.3. The van der Waals surface area contributed by atoms with Crippen LogP contribution in [0.1, 0.15) is 65.5 Å². The van der Waals surface area contributed by atoms with Crippen molar-refractivity contribution in [2.45, 2.75) is 78.0 Å². The third-order valence-corrected chi connectivity index (χ3v) is 6.61. The minimum Gasteiger partial charge on any atom is -0.490 e. The van der Waals surface area contributed by atoms with Crippen LogP contribution in [-0.4, -0.2) is 57.3 Å². The topological polar surface area (TPSA) is 95.8 Å². The number of carbonyl (C=O) groups is 2. The van der Waals surface area contributed by atoms with E-state index < -0.39 is 0 Å². The summed E-state index contributed by atoms with van der Waals surface area (Å²) in [7, 11) is 3.54. The van der Waals surface area contributed by atoms with Crippen LogP contribution in [0.2, 0.25) is 0 Å². The Bertz CT molecular complexity index is 1070. The molecular formula is C27H38N4O5. The van der Waals surface area contributed by atoms with Crippen LogP contribution in [0.5, 0.6) is 5.75 Å². The van der Waals surface area contributed by atoms with Crippen LogP contribution in [0, 0.1) is 0 Å². The molecule has 3 rings (SSSR count). The number of benzene rings is 1. The number of aromatic nitrogens is 3. The highest BCUT2D eigenvalue weighted by atomic mass is 16.6. The Morgan fingerprint density at radius 3 is 2.56 bits per heavy atom. The molecule has 36 heavy (non-hydrogen) atoms. The van der Waals surface area contributed by atoms with E-state index in [1.807, 2.05) is 44.2 Å². The number of amides is 1. The number of rotatable bonds is 10. The number of ether oxygens (including phenoxy) is 3. The fourth-order valence-electron chi connectivity index (χ4n) is 4.27. The zero-order valence-corrected chi connectivity index (χ0v) is 22.2. The molecule has 1 heterocycles. The third kappa shape index (κ3) is 6.65. The lowest BCUT2D eigenvalue weighted by atomic mass is 9.97. The molecule has 1 aromatic carbocycles. The van der Waals surface area contributed by atoms with Crippen molar-refractivity contribution in [1.29, 1.82) is 0 Å². The minimum absolute atomic E-state index is 0.0630. The molecular weight excluding hydrogens is 460 g/mol. The lowest BCUT2D eigenvalue weighted by Crippen LogP contribution is -2.45. The summed E-state index contributed by atoms with van der Waals surface area (Å²) in [6, 6.07) is 7.57. The highest BCUT2D eigenvalue weighted by Gasteiger charge is 2.28. The molecule has 0 spiro atoms. The highest BCUT2D eigenvalue weighted by molar-refractivity contribution is 5.88. The maximum Gasteiger partial charge on any atom is 0.410 e. The van der Waals surface area contributed by atoms with Gasteiger partial charge in [-0.25, -0.2) is 14.3 Å². The van der Waals surface area contributed by atoms with Gasteiger partial charge in [0.05, 0.1) is 6.61 Å². The number of carbonyl (C=O) groups excluding carboxylic acids is 2. The third-order valence-electron chi connectivity index (χ3n) is 6.61. The Morgan fingerprint density at radius 2 is 1.89 bits per heavy atom. The first kappa shape index (κ1) is 27.2. The van der Waals surface area contributed by atoms with E-state index in [4.69, 9.17) is 14.2 Å². The second kappa shape index (κ2) is 12.1. The van der Waals surface area contributed by atoms with E-state index in [0.717, 1.165) is 31.2 Å². The molecule has 0 bridgehead atoms. The molecule has 1 aromatic heterocycles. The molecule has 0 unspecified atom stereocenters. The van der Waals surface area contributed by atoms with E-state index in [0.29, 0.717) is 35.7 Å². The second-order valence-corrected chi connectivity index (χ2v) is 9.68. The summed E-state index contributed by atoms with van der Waals surface area (Å²) < 4.78 is 18.5. The van der Waals surface area contributed by atoms with Crippen LogP contribution < -0.4 is 4.74 Å². The second-order valence-electron chi connectivity index (χ2n) is 9.68. The van der Waals surface area contributed by atoms with Gasteiger partial charge in [-0.2, -0.15) is 0 Å². The van der Waals surface area contributed by atoms with E-state index >= 15 is 0 Å². The number of aryl methyl sites for hydroxylation is 1. The van der Waals surface area contributed by atoms with Gasteiger partial charge in [-0.15, -0.1) is 5.10 Å². The maximum atomic E-state index is 12.7. The number of allylic oxidation sites excluding steroid dienone is 1. The van der Waals surface area contributed by atoms with Crippen molar-refractivity contribution in [2.24, 2.45) is 7.05 Å². The molecule has 1 atom stereocenters. The number of esters is 1. The summed E-state index contributed by atoms with van der Waals surface area (Å²) in [5.74, 6) is 0.447. The van der Waals surface area contributed by atoms with Crippen LogP contribution in [0.4, 0.5) is 4.79 Å². The van der Waals surface area contributed by atoms with Gasteiger partial charge in [-0.05, 0) is 64.3 Å². The fourth-order valence-corrected chi connectivity index (χ4v) is 4.27. The van der Waals surface area contributed by atoms with E-state index in [1.54, 1.807) is 30.6 Å².